The number of carbonyl (C=O) groups excluding carboxylic acids is 1. The van der Waals surface area contributed by atoms with E-state index in [2.05, 4.69) is 0 Å². The van der Waals surface area contributed by atoms with Gasteiger partial charge >= 0.3 is 0 Å². The molecule has 4 nitrogen and oxygen atoms in total. The maximum Gasteiger partial charge on any atom is 0.233 e. The predicted molar refractivity (Wildman–Crippen MR) is 68.9 cm³/mol. The number of carbonyl (C=O) groups is 1. The van der Waals surface area contributed by atoms with E-state index >= 15 is 0 Å². The molecule has 1 heterocycles. The second-order valence-electron chi connectivity index (χ2n) is 5.46. The van der Waals surface area contributed by atoms with Crippen LogP contribution in [-0.2, 0) is 10.2 Å². The van der Waals surface area contributed by atoms with Crippen LogP contribution in [0.2, 0.25) is 0 Å². The van der Waals surface area contributed by atoms with E-state index in [1.54, 1.807) is 0 Å². The summed E-state index contributed by atoms with van der Waals surface area (Å²) in [6.45, 7) is 1.58. The molecule has 0 atom stereocenters. The molecule has 1 aromatic rings. The van der Waals surface area contributed by atoms with Gasteiger partial charge in [-0.3, -0.25) is 4.79 Å². The van der Waals surface area contributed by atoms with Crippen LogP contribution < -0.4 is 5.73 Å². The minimum absolute atomic E-state index is 0.179. The van der Waals surface area contributed by atoms with Crippen molar-refractivity contribution in [3.63, 3.8) is 0 Å². The standard InChI is InChI=1S/C14H18N2O2/c15-12-3-1-11(2-4-12)14(5-6-14)13(18)16-7-10(8-16)9-17/h1-4,10,17H,5-9,15H2. The number of aliphatic hydroxyl groups excluding tert-OH is 1. The first-order valence-electron chi connectivity index (χ1n) is 6.42. The second-order valence-corrected chi connectivity index (χ2v) is 5.46. The number of benzene rings is 1. The van der Waals surface area contributed by atoms with Gasteiger partial charge in [-0.25, -0.2) is 0 Å². The average Bonchev–Trinajstić information content (AvgIpc) is 3.10. The van der Waals surface area contributed by atoms with Crippen LogP contribution >= 0.6 is 0 Å². The summed E-state index contributed by atoms with van der Waals surface area (Å²) in [5.41, 5.74) is 7.19. The summed E-state index contributed by atoms with van der Waals surface area (Å²) < 4.78 is 0. The molecule has 3 N–H and O–H groups in total. The van der Waals surface area contributed by atoms with Gasteiger partial charge in [0.05, 0.1) is 5.41 Å². The van der Waals surface area contributed by atoms with E-state index in [9.17, 15) is 4.79 Å². The quantitative estimate of drug-likeness (QED) is 0.773. The third kappa shape index (κ3) is 1.68. The van der Waals surface area contributed by atoms with Crippen molar-refractivity contribution in [1.29, 1.82) is 0 Å². The normalized spacial score (nSPS) is 21.5. The molecule has 0 spiro atoms. The first-order chi connectivity index (χ1) is 8.65. The molecule has 2 aliphatic rings. The van der Waals surface area contributed by atoms with Gasteiger partial charge in [0.15, 0.2) is 0 Å². The van der Waals surface area contributed by atoms with Crippen molar-refractivity contribution >= 4 is 11.6 Å². The molecule has 1 amide bonds. The third-order valence-corrected chi connectivity index (χ3v) is 4.13. The van der Waals surface area contributed by atoms with Crippen LogP contribution in [0.1, 0.15) is 18.4 Å². The fraction of sp³-hybridized carbons (Fsp3) is 0.500. The van der Waals surface area contributed by atoms with Crippen LogP contribution in [0.25, 0.3) is 0 Å². The minimum Gasteiger partial charge on any atom is -0.399 e. The Balaban J connectivity index is 1.75. The number of hydrogen-bond acceptors (Lipinski definition) is 3. The van der Waals surface area contributed by atoms with Gasteiger partial charge in [-0.1, -0.05) is 12.1 Å². The van der Waals surface area contributed by atoms with Gasteiger partial charge in [0.1, 0.15) is 0 Å². The van der Waals surface area contributed by atoms with Gasteiger partial charge in [-0.2, -0.15) is 0 Å². The number of aliphatic hydroxyl groups is 1. The Hall–Kier alpha value is -1.55. The molecule has 1 aliphatic heterocycles. The lowest BCUT2D eigenvalue weighted by Crippen LogP contribution is -2.54. The third-order valence-electron chi connectivity index (χ3n) is 4.13. The second kappa shape index (κ2) is 3.99. The molecule has 0 bridgehead atoms. The summed E-state index contributed by atoms with van der Waals surface area (Å²) in [5.74, 6) is 0.494. The van der Waals surface area contributed by atoms with Crippen LogP contribution in [0.3, 0.4) is 0 Å². The lowest BCUT2D eigenvalue weighted by molar-refractivity contribution is -0.141. The van der Waals surface area contributed by atoms with Gasteiger partial charge in [0, 0.05) is 31.3 Å². The summed E-state index contributed by atoms with van der Waals surface area (Å²) in [7, 11) is 0. The lowest BCUT2D eigenvalue weighted by Gasteiger charge is -2.40. The summed E-state index contributed by atoms with van der Waals surface area (Å²) in [6, 6.07) is 7.64. The maximum absolute atomic E-state index is 12.5. The number of anilines is 1. The molecule has 96 valence electrons. The van der Waals surface area contributed by atoms with Crippen molar-refractivity contribution in [3.8, 4) is 0 Å². The Kier molecular flexibility index (Phi) is 2.55. The van der Waals surface area contributed by atoms with Gasteiger partial charge in [0.25, 0.3) is 0 Å². The summed E-state index contributed by atoms with van der Waals surface area (Å²) in [6.07, 6.45) is 1.85. The van der Waals surface area contributed by atoms with Gasteiger partial charge < -0.3 is 15.7 Å². The first-order valence-corrected chi connectivity index (χ1v) is 6.42. The van der Waals surface area contributed by atoms with Crippen LogP contribution in [0.5, 0.6) is 0 Å². The van der Waals surface area contributed by atoms with Crippen molar-refractivity contribution in [3.05, 3.63) is 29.8 Å². The smallest absolute Gasteiger partial charge is 0.233 e. The Bertz CT molecular complexity index is 459. The van der Waals surface area contributed by atoms with Crippen LogP contribution in [-0.4, -0.2) is 35.6 Å². The zero-order valence-corrected chi connectivity index (χ0v) is 10.3. The highest BCUT2D eigenvalue weighted by atomic mass is 16.3. The number of likely N-dealkylation sites (tertiary alicyclic amines) is 1. The molecule has 1 saturated carbocycles. The average molecular weight is 246 g/mol. The van der Waals surface area contributed by atoms with E-state index in [4.69, 9.17) is 10.8 Å². The number of nitrogens with zero attached hydrogens (tertiary/aromatic N) is 1. The number of amides is 1. The molecule has 0 unspecified atom stereocenters. The topological polar surface area (TPSA) is 66.6 Å². The zero-order valence-electron chi connectivity index (χ0n) is 10.3. The Morgan fingerprint density at radius 1 is 1.33 bits per heavy atom. The summed E-state index contributed by atoms with van der Waals surface area (Å²) in [5, 5.41) is 9.00. The largest absolute Gasteiger partial charge is 0.399 e. The number of nitrogen functional groups attached to an aromatic ring is 1. The van der Waals surface area contributed by atoms with E-state index in [0.29, 0.717) is 13.1 Å². The number of rotatable bonds is 3. The highest BCUT2D eigenvalue weighted by molar-refractivity contribution is 5.92. The first kappa shape index (κ1) is 11.5. The fourth-order valence-corrected chi connectivity index (χ4v) is 2.71. The number of nitrogens with two attached hydrogens (primary N) is 1. The van der Waals surface area contributed by atoms with Gasteiger partial charge in [-0.05, 0) is 30.5 Å². The Morgan fingerprint density at radius 2 is 1.94 bits per heavy atom. The molecule has 18 heavy (non-hydrogen) atoms. The molecule has 0 radical (unpaired) electrons. The van der Waals surface area contributed by atoms with E-state index in [-0.39, 0.29) is 23.8 Å². The molecule has 0 aromatic heterocycles. The van der Waals surface area contributed by atoms with E-state index in [0.717, 1.165) is 24.1 Å². The molecule has 1 saturated heterocycles. The highest BCUT2D eigenvalue weighted by Crippen LogP contribution is 2.50. The fourth-order valence-electron chi connectivity index (χ4n) is 2.71. The van der Waals surface area contributed by atoms with Crippen LogP contribution in [0, 0.1) is 5.92 Å². The molecule has 4 heteroatoms. The molecule has 1 aliphatic carbocycles. The molecular formula is C14H18N2O2. The monoisotopic (exact) mass is 246 g/mol. The van der Waals surface area contributed by atoms with Crippen molar-refractivity contribution < 1.29 is 9.90 Å². The molecule has 2 fully saturated rings. The highest BCUT2D eigenvalue weighted by Gasteiger charge is 2.54. The summed E-state index contributed by atoms with van der Waals surface area (Å²) in [4.78, 5) is 14.3. The molecule has 1 aromatic carbocycles. The van der Waals surface area contributed by atoms with Crippen molar-refractivity contribution in [2.24, 2.45) is 5.92 Å². The van der Waals surface area contributed by atoms with E-state index in [1.807, 2.05) is 29.2 Å². The van der Waals surface area contributed by atoms with Crippen molar-refractivity contribution in [2.45, 2.75) is 18.3 Å². The van der Waals surface area contributed by atoms with E-state index < -0.39 is 0 Å². The van der Waals surface area contributed by atoms with Crippen LogP contribution in [0.15, 0.2) is 24.3 Å². The minimum atomic E-state index is -0.297. The van der Waals surface area contributed by atoms with E-state index in [1.165, 1.54) is 0 Å². The lowest BCUT2D eigenvalue weighted by atomic mass is 9.91. The van der Waals surface area contributed by atoms with Crippen LogP contribution in [0.4, 0.5) is 5.69 Å². The molecular weight excluding hydrogens is 228 g/mol. The summed E-state index contributed by atoms with van der Waals surface area (Å²) >= 11 is 0. The van der Waals surface area contributed by atoms with Gasteiger partial charge in [0.2, 0.25) is 5.91 Å². The van der Waals surface area contributed by atoms with Gasteiger partial charge in [-0.15, -0.1) is 0 Å². The predicted octanol–water partition coefficient (Wildman–Crippen LogP) is 0.751. The molecule has 3 rings (SSSR count). The number of hydrogen-bond donors (Lipinski definition) is 2. The zero-order chi connectivity index (χ0) is 12.8. The Labute approximate surface area is 106 Å². The maximum atomic E-state index is 12.5. The Morgan fingerprint density at radius 3 is 2.44 bits per heavy atom. The van der Waals surface area contributed by atoms with Crippen molar-refractivity contribution in [2.75, 3.05) is 25.4 Å². The van der Waals surface area contributed by atoms with Crippen molar-refractivity contribution in [1.82, 2.24) is 4.90 Å². The SMILES string of the molecule is Nc1ccc(C2(C(=O)N3CC(CO)C3)CC2)cc1.